The molecule has 0 radical (unpaired) electrons. The van der Waals surface area contributed by atoms with Crippen molar-refractivity contribution in [1.29, 1.82) is 0 Å². The Kier molecular flexibility index (Phi) is 6.00. The van der Waals surface area contributed by atoms with Gasteiger partial charge in [-0.3, -0.25) is 4.90 Å². The zero-order chi connectivity index (χ0) is 15.2. The number of nitrogens with one attached hydrogen (secondary N) is 1. The highest BCUT2D eigenvalue weighted by Gasteiger charge is 2.19. The van der Waals surface area contributed by atoms with Crippen LogP contribution >= 0.6 is 0 Å². The fourth-order valence-corrected chi connectivity index (χ4v) is 3.06. The number of methoxy groups -OCH3 is 1. The summed E-state index contributed by atoms with van der Waals surface area (Å²) in [6.07, 6.45) is 2.48. The Labute approximate surface area is 127 Å². The maximum Gasteiger partial charge on any atom is 0.123 e. The molecule has 1 aromatic carbocycles. The summed E-state index contributed by atoms with van der Waals surface area (Å²) in [5.74, 6) is 1.16. The summed E-state index contributed by atoms with van der Waals surface area (Å²) in [6, 6.07) is 5.32. The first-order valence-corrected chi connectivity index (χ1v) is 7.86. The van der Waals surface area contributed by atoms with Crippen LogP contribution in [-0.2, 0) is 6.54 Å². The first-order valence-electron chi connectivity index (χ1n) is 7.86. The Balaban J connectivity index is 2.07. The average Bonchev–Trinajstić information content (AvgIpc) is 2.91. The van der Waals surface area contributed by atoms with Gasteiger partial charge in [-0.05, 0) is 43.5 Å². The topological polar surface area (TPSA) is 24.5 Å². The van der Waals surface area contributed by atoms with E-state index in [9.17, 15) is 4.39 Å². The van der Waals surface area contributed by atoms with E-state index >= 15 is 0 Å². The maximum absolute atomic E-state index is 13.5. The van der Waals surface area contributed by atoms with E-state index in [0.29, 0.717) is 12.0 Å². The van der Waals surface area contributed by atoms with Gasteiger partial charge in [0.05, 0.1) is 7.11 Å². The first kappa shape index (κ1) is 16.2. The molecule has 0 aromatic heterocycles. The molecule has 21 heavy (non-hydrogen) atoms. The molecular weight excluding hydrogens is 267 g/mol. The zero-order valence-electron chi connectivity index (χ0n) is 13.4. The van der Waals surface area contributed by atoms with Crippen LogP contribution in [0.3, 0.4) is 0 Å². The highest BCUT2D eigenvalue weighted by molar-refractivity contribution is 5.33. The molecule has 1 aromatic rings. The van der Waals surface area contributed by atoms with E-state index in [1.807, 2.05) is 0 Å². The van der Waals surface area contributed by atoms with Crippen LogP contribution in [-0.4, -0.2) is 37.7 Å². The molecule has 1 aliphatic rings. The van der Waals surface area contributed by atoms with E-state index in [1.54, 1.807) is 19.2 Å². The van der Waals surface area contributed by atoms with Crippen molar-refractivity contribution in [3.63, 3.8) is 0 Å². The lowest BCUT2D eigenvalue weighted by atomic mass is 10.1. The van der Waals surface area contributed by atoms with Crippen molar-refractivity contribution in [2.45, 2.75) is 39.3 Å². The van der Waals surface area contributed by atoms with E-state index in [2.05, 4.69) is 24.1 Å². The van der Waals surface area contributed by atoms with Crippen LogP contribution < -0.4 is 10.1 Å². The summed E-state index contributed by atoms with van der Waals surface area (Å²) in [5, 5.41) is 3.54. The molecular formula is C17H27FN2O. The fourth-order valence-electron chi connectivity index (χ4n) is 3.06. The van der Waals surface area contributed by atoms with Crippen LogP contribution in [0.4, 0.5) is 4.39 Å². The standard InChI is InChI=1S/C17H27FN2O/c1-13(2)10-20(12-16-5-4-8-19-16)11-14-9-15(18)6-7-17(14)21-3/h6-7,9,13,16,19H,4-5,8,10-12H2,1-3H3. The Morgan fingerprint density at radius 3 is 2.86 bits per heavy atom. The monoisotopic (exact) mass is 294 g/mol. The molecule has 1 atom stereocenters. The van der Waals surface area contributed by atoms with Gasteiger partial charge in [-0.15, -0.1) is 0 Å². The van der Waals surface area contributed by atoms with E-state index < -0.39 is 0 Å². The van der Waals surface area contributed by atoms with Gasteiger partial charge in [-0.1, -0.05) is 13.8 Å². The molecule has 3 nitrogen and oxygen atoms in total. The molecule has 0 saturated carbocycles. The number of rotatable bonds is 7. The molecule has 1 N–H and O–H groups in total. The van der Waals surface area contributed by atoms with Gasteiger partial charge in [0.1, 0.15) is 11.6 Å². The van der Waals surface area contributed by atoms with Crippen LogP contribution in [0.1, 0.15) is 32.3 Å². The van der Waals surface area contributed by atoms with Crippen LogP contribution in [0, 0.1) is 11.7 Å². The second-order valence-corrected chi connectivity index (χ2v) is 6.34. The molecule has 0 amide bonds. The van der Waals surface area contributed by atoms with E-state index in [0.717, 1.165) is 37.5 Å². The number of hydrogen-bond donors (Lipinski definition) is 1. The van der Waals surface area contributed by atoms with Crippen molar-refractivity contribution in [3.05, 3.63) is 29.6 Å². The average molecular weight is 294 g/mol. The zero-order valence-corrected chi connectivity index (χ0v) is 13.4. The fraction of sp³-hybridized carbons (Fsp3) is 0.647. The van der Waals surface area contributed by atoms with Gasteiger partial charge < -0.3 is 10.1 Å². The number of hydrogen-bond acceptors (Lipinski definition) is 3. The summed E-state index contributed by atoms with van der Waals surface area (Å²) in [6.45, 7) is 8.31. The first-order chi connectivity index (χ1) is 10.1. The molecule has 1 unspecified atom stereocenters. The number of nitrogens with zero attached hydrogens (tertiary/aromatic N) is 1. The lowest BCUT2D eigenvalue weighted by molar-refractivity contribution is 0.213. The molecule has 0 aliphatic carbocycles. The third-order valence-electron chi connectivity index (χ3n) is 3.90. The lowest BCUT2D eigenvalue weighted by Crippen LogP contribution is -2.39. The Hall–Kier alpha value is -1.13. The second-order valence-electron chi connectivity index (χ2n) is 6.34. The summed E-state index contributed by atoms with van der Waals surface area (Å²) >= 11 is 0. The van der Waals surface area contributed by atoms with Gasteiger partial charge >= 0.3 is 0 Å². The Morgan fingerprint density at radius 2 is 2.24 bits per heavy atom. The van der Waals surface area contributed by atoms with E-state index in [-0.39, 0.29) is 5.82 Å². The maximum atomic E-state index is 13.5. The predicted molar refractivity (Wildman–Crippen MR) is 84.1 cm³/mol. The molecule has 1 saturated heterocycles. The molecule has 2 rings (SSSR count). The second kappa shape index (κ2) is 7.76. The number of ether oxygens (including phenoxy) is 1. The Bertz CT molecular complexity index is 444. The van der Waals surface area contributed by atoms with Gasteiger partial charge in [-0.2, -0.15) is 0 Å². The van der Waals surface area contributed by atoms with Crippen molar-refractivity contribution in [2.24, 2.45) is 5.92 Å². The summed E-state index contributed by atoms with van der Waals surface area (Å²) in [5.41, 5.74) is 0.927. The van der Waals surface area contributed by atoms with E-state index in [1.165, 1.54) is 18.9 Å². The van der Waals surface area contributed by atoms with Crippen LogP contribution in [0.2, 0.25) is 0 Å². The highest BCUT2D eigenvalue weighted by atomic mass is 19.1. The van der Waals surface area contributed by atoms with Gasteiger partial charge in [0.2, 0.25) is 0 Å². The SMILES string of the molecule is COc1ccc(F)cc1CN(CC(C)C)CC1CCCN1. The third kappa shape index (κ3) is 4.97. The largest absolute Gasteiger partial charge is 0.496 e. The quantitative estimate of drug-likeness (QED) is 0.836. The Morgan fingerprint density at radius 1 is 1.43 bits per heavy atom. The van der Waals surface area contributed by atoms with Crippen LogP contribution in [0.5, 0.6) is 5.75 Å². The van der Waals surface area contributed by atoms with Crippen molar-refractivity contribution >= 4 is 0 Å². The van der Waals surface area contributed by atoms with Crippen LogP contribution in [0.25, 0.3) is 0 Å². The summed E-state index contributed by atoms with van der Waals surface area (Å²) < 4.78 is 18.9. The van der Waals surface area contributed by atoms with E-state index in [4.69, 9.17) is 4.74 Å². The smallest absolute Gasteiger partial charge is 0.123 e. The van der Waals surface area contributed by atoms with Gasteiger partial charge in [0, 0.05) is 31.2 Å². The van der Waals surface area contributed by atoms with Crippen LogP contribution in [0.15, 0.2) is 18.2 Å². The predicted octanol–water partition coefficient (Wildman–Crippen LogP) is 3.04. The molecule has 1 heterocycles. The molecule has 4 heteroatoms. The lowest BCUT2D eigenvalue weighted by Gasteiger charge is -2.28. The number of benzene rings is 1. The highest BCUT2D eigenvalue weighted by Crippen LogP contribution is 2.22. The molecule has 0 spiro atoms. The van der Waals surface area contributed by atoms with Crippen molar-refractivity contribution in [3.8, 4) is 5.75 Å². The van der Waals surface area contributed by atoms with Gasteiger partial charge in [0.25, 0.3) is 0 Å². The molecule has 118 valence electrons. The normalized spacial score (nSPS) is 18.7. The van der Waals surface area contributed by atoms with Crippen molar-refractivity contribution in [2.75, 3.05) is 26.7 Å². The van der Waals surface area contributed by atoms with Gasteiger partial charge in [0.15, 0.2) is 0 Å². The number of halogens is 1. The third-order valence-corrected chi connectivity index (χ3v) is 3.90. The van der Waals surface area contributed by atoms with Crippen molar-refractivity contribution in [1.82, 2.24) is 10.2 Å². The van der Waals surface area contributed by atoms with Crippen molar-refractivity contribution < 1.29 is 9.13 Å². The summed E-state index contributed by atoms with van der Waals surface area (Å²) in [7, 11) is 1.64. The molecule has 1 fully saturated rings. The molecule has 1 aliphatic heterocycles. The minimum absolute atomic E-state index is 0.200. The summed E-state index contributed by atoms with van der Waals surface area (Å²) in [4.78, 5) is 2.41. The minimum atomic E-state index is -0.200. The minimum Gasteiger partial charge on any atom is -0.496 e. The molecule has 0 bridgehead atoms. The van der Waals surface area contributed by atoms with Gasteiger partial charge in [-0.25, -0.2) is 4.39 Å².